The lowest BCUT2D eigenvalue weighted by atomic mass is 10.2. The summed E-state index contributed by atoms with van der Waals surface area (Å²) in [7, 11) is 0. The normalized spacial score (nSPS) is 11.6. The largest absolute Gasteiger partial charge is 0.358 e. The van der Waals surface area contributed by atoms with Crippen molar-refractivity contribution < 1.29 is 4.39 Å². The number of nitrogens with one attached hydrogen (secondary N) is 1. The summed E-state index contributed by atoms with van der Waals surface area (Å²) in [6.07, 6.45) is 0.691. The van der Waals surface area contributed by atoms with E-state index in [2.05, 4.69) is 11.4 Å². The molecule has 0 radical (unpaired) electrons. The Morgan fingerprint density at radius 3 is 2.47 bits per heavy atom. The van der Waals surface area contributed by atoms with Crippen LogP contribution in [-0.2, 0) is 0 Å². The van der Waals surface area contributed by atoms with Crippen molar-refractivity contribution >= 4 is 5.69 Å². The molecule has 1 rings (SSSR count). The molecule has 0 aliphatic rings. The zero-order valence-electron chi connectivity index (χ0n) is 8.84. The third-order valence-electron chi connectivity index (χ3n) is 2.12. The third-order valence-corrected chi connectivity index (χ3v) is 2.12. The highest BCUT2D eigenvalue weighted by Gasteiger charge is 1.99. The van der Waals surface area contributed by atoms with Crippen molar-refractivity contribution in [3.8, 4) is 6.07 Å². The van der Waals surface area contributed by atoms with Crippen LogP contribution in [0.5, 0.6) is 0 Å². The lowest BCUT2D eigenvalue weighted by Crippen LogP contribution is -1.99. The van der Waals surface area contributed by atoms with Crippen LogP contribution in [0.1, 0.15) is 20.3 Å². The van der Waals surface area contributed by atoms with E-state index in [1.807, 2.05) is 13.8 Å². The first kappa shape index (κ1) is 11.3. The maximum Gasteiger partial charge on any atom is 0.123 e. The highest BCUT2D eigenvalue weighted by atomic mass is 19.1. The fraction of sp³-hybridized carbons (Fsp3) is 0.250. The van der Waals surface area contributed by atoms with Gasteiger partial charge in [0.15, 0.2) is 0 Å². The van der Waals surface area contributed by atoms with E-state index in [1.165, 1.54) is 12.1 Å². The molecule has 0 aromatic heterocycles. The Labute approximate surface area is 89.0 Å². The molecule has 1 aromatic carbocycles. The first-order valence-corrected chi connectivity index (χ1v) is 4.79. The highest BCUT2D eigenvalue weighted by Crippen LogP contribution is 2.14. The van der Waals surface area contributed by atoms with E-state index in [0.717, 1.165) is 11.4 Å². The number of hydrogen-bond donors (Lipinski definition) is 1. The van der Waals surface area contributed by atoms with Crippen LogP contribution < -0.4 is 5.32 Å². The van der Waals surface area contributed by atoms with E-state index in [0.29, 0.717) is 12.0 Å². The van der Waals surface area contributed by atoms with Crippen molar-refractivity contribution in [3.63, 3.8) is 0 Å². The van der Waals surface area contributed by atoms with Crippen molar-refractivity contribution in [3.05, 3.63) is 41.4 Å². The predicted octanol–water partition coefficient (Wildman–Crippen LogP) is 3.45. The quantitative estimate of drug-likeness (QED) is 0.765. The summed E-state index contributed by atoms with van der Waals surface area (Å²) in [5, 5.41) is 11.9. The van der Waals surface area contributed by atoms with Crippen LogP contribution in [0, 0.1) is 17.1 Å². The van der Waals surface area contributed by atoms with Gasteiger partial charge in [-0.15, -0.1) is 0 Å². The van der Waals surface area contributed by atoms with Gasteiger partial charge in [0, 0.05) is 17.0 Å². The van der Waals surface area contributed by atoms with Gasteiger partial charge in [0.1, 0.15) is 5.82 Å². The summed E-state index contributed by atoms with van der Waals surface area (Å²) < 4.78 is 12.6. The van der Waals surface area contributed by atoms with Crippen LogP contribution in [0.15, 0.2) is 35.5 Å². The average Bonchev–Trinajstić information content (AvgIpc) is 2.23. The average molecular weight is 204 g/mol. The molecule has 0 saturated heterocycles. The molecule has 15 heavy (non-hydrogen) atoms. The Balaban J connectivity index is 2.83. The van der Waals surface area contributed by atoms with E-state index in [4.69, 9.17) is 5.26 Å². The minimum Gasteiger partial charge on any atom is -0.358 e. The molecule has 78 valence electrons. The van der Waals surface area contributed by atoms with E-state index < -0.39 is 0 Å². The summed E-state index contributed by atoms with van der Waals surface area (Å²) in [4.78, 5) is 0. The van der Waals surface area contributed by atoms with Crippen LogP contribution in [0.25, 0.3) is 0 Å². The van der Waals surface area contributed by atoms with Gasteiger partial charge in [-0.2, -0.15) is 5.26 Å². The summed E-state index contributed by atoms with van der Waals surface area (Å²) in [5.41, 5.74) is 2.31. The second-order valence-corrected chi connectivity index (χ2v) is 3.20. The van der Waals surface area contributed by atoms with Gasteiger partial charge in [0.25, 0.3) is 0 Å². The Morgan fingerprint density at radius 1 is 1.40 bits per heavy atom. The number of hydrogen-bond acceptors (Lipinski definition) is 2. The SMILES string of the molecule is CC/C(C#N)=C(/C)Nc1ccc(F)cc1. The second kappa shape index (κ2) is 5.16. The molecule has 0 unspecified atom stereocenters. The number of nitrogens with zero attached hydrogens (tertiary/aromatic N) is 1. The molecule has 1 N–H and O–H groups in total. The van der Waals surface area contributed by atoms with E-state index in [1.54, 1.807) is 12.1 Å². The van der Waals surface area contributed by atoms with Gasteiger partial charge in [-0.1, -0.05) is 6.92 Å². The molecule has 0 spiro atoms. The number of allylic oxidation sites excluding steroid dienone is 2. The van der Waals surface area contributed by atoms with Crippen molar-refractivity contribution in [1.82, 2.24) is 0 Å². The molecular formula is C12H13FN2. The molecule has 0 heterocycles. The number of nitriles is 1. The molecule has 2 nitrogen and oxygen atoms in total. The van der Waals surface area contributed by atoms with E-state index >= 15 is 0 Å². The first-order chi connectivity index (χ1) is 7.17. The molecule has 0 saturated carbocycles. The number of anilines is 1. The number of rotatable bonds is 3. The molecule has 0 amide bonds. The zero-order chi connectivity index (χ0) is 11.3. The van der Waals surface area contributed by atoms with Gasteiger partial charge >= 0.3 is 0 Å². The first-order valence-electron chi connectivity index (χ1n) is 4.79. The Morgan fingerprint density at radius 2 is 2.00 bits per heavy atom. The molecule has 3 heteroatoms. The molecular weight excluding hydrogens is 191 g/mol. The van der Waals surface area contributed by atoms with Crippen LogP contribution >= 0.6 is 0 Å². The summed E-state index contributed by atoms with van der Waals surface area (Å²) in [5.74, 6) is -0.266. The van der Waals surface area contributed by atoms with Gasteiger partial charge < -0.3 is 5.32 Å². The monoisotopic (exact) mass is 204 g/mol. The number of halogens is 1. The van der Waals surface area contributed by atoms with Gasteiger partial charge in [-0.05, 0) is 37.6 Å². The molecule has 0 aliphatic carbocycles. The van der Waals surface area contributed by atoms with E-state index in [-0.39, 0.29) is 5.82 Å². The van der Waals surface area contributed by atoms with Crippen molar-refractivity contribution in [2.45, 2.75) is 20.3 Å². The third kappa shape index (κ3) is 3.10. The topological polar surface area (TPSA) is 35.8 Å². The molecule has 0 fully saturated rings. The van der Waals surface area contributed by atoms with Gasteiger partial charge in [-0.3, -0.25) is 0 Å². The minimum atomic E-state index is -0.266. The number of benzene rings is 1. The minimum absolute atomic E-state index is 0.266. The standard InChI is InChI=1S/C12H13FN2/c1-3-10(8-14)9(2)15-12-6-4-11(13)5-7-12/h4-7,15H,3H2,1-2H3/b10-9+. The second-order valence-electron chi connectivity index (χ2n) is 3.20. The lowest BCUT2D eigenvalue weighted by Gasteiger charge is -2.07. The smallest absolute Gasteiger partial charge is 0.123 e. The maximum atomic E-state index is 12.6. The molecule has 0 aliphatic heterocycles. The van der Waals surface area contributed by atoms with Gasteiger partial charge in [0.2, 0.25) is 0 Å². The Kier molecular flexibility index (Phi) is 3.87. The summed E-state index contributed by atoms with van der Waals surface area (Å²) >= 11 is 0. The summed E-state index contributed by atoms with van der Waals surface area (Å²) in [6, 6.07) is 8.18. The van der Waals surface area contributed by atoms with Crippen LogP contribution in [0.3, 0.4) is 0 Å². The van der Waals surface area contributed by atoms with Crippen LogP contribution in [0.4, 0.5) is 10.1 Å². The van der Waals surface area contributed by atoms with Crippen molar-refractivity contribution in [1.29, 1.82) is 5.26 Å². The van der Waals surface area contributed by atoms with Crippen molar-refractivity contribution in [2.24, 2.45) is 0 Å². The molecule has 1 aromatic rings. The van der Waals surface area contributed by atoms with Crippen LogP contribution in [-0.4, -0.2) is 0 Å². The summed E-state index contributed by atoms with van der Waals surface area (Å²) in [6.45, 7) is 3.76. The van der Waals surface area contributed by atoms with Gasteiger partial charge in [0.05, 0.1) is 6.07 Å². The predicted molar refractivity (Wildman–Crippen MR) is 58.6 cm³/mol. The van der Waals surface area contributed by atoms with Gasteiger partial charge in [-0.25, -0.2) is 4.39 Å². The fourth-order valence-electron chi connectivity index (χ4n) is 1.25. The van der Waals surface area contributed by atoms with E-state index in [9.17, 15) is 4.39 Å². The molecule has 0 bridgehead atoms. The molecule has 0 atom stereocenters. The Hall–Kier alpha value is -1.82. The fourth-order valence-corrected chi connectivity index (χ4v) is 1.25. The van der Waals surface area contributed by atoms with Crippen molar-refractivity contribution in [2.75, 3.05) is 5.32 Å². The van der Waals surface area contributed by atoms with Crippen LogP contribution in [0.2, 0.25) is 0 Å². The highest BCUT2D eigenvalue weighted by molar-refractivity contribution is 5.50. The lowest BCUT2D eigenvalue weighted by molar-refractivity contribution is 0.628. The zero-order valence-corrected chi connectivity index (χ0v) is 8.84. The Bertz CT molecular complexity index is 399. The maximum absolute atomic E-state index is 12.6.